The molecule has 1 atom stereocenters. The van der Waals surface area contributed by atoms with Crippen molar-refractivity contribution in [2.24, 2.45) is 5.41 Å². The molecule has 0 fully saturated rings. The molecule has 1 rings (SSSR count). The summed E-state index contributed by atoms with van der Waals surface area (Å²) in [5.41, 5.74) is 1.28. The summed E-state index contributed by atoms with van der Waals surface area (Å²) in [5.74, 6) is -1.35. The van der Waals surface area contributed by atoms with Gasteiger partial charge in [-0.05, 0) is 37.1 Å². The third-order valence-electron chi connectivity index (χ3n) is 3.83. The first-order valence-corrected chi connectivity index (χ1v) is 7.01. The molecule has 0 aliphatic carbocycles. The van der Waals surface area contributed by atoms with E-state index in [1.807, 2.05) is 7.05 Å². The van der Waals surface area contributed by atoms with Crippen LogP contribution in [0.4, 0.5) is 4.39 Å². The van der Waals surface area contributed by atoms with Crippen LogP contribution in [0.3, 0.4) is 0 Å². The SMILES string of the molecule is CC(N(C)Cc1ccc(C=CC(=O)O)cc1F)C(C)(C)C. The molecule has 0 aromatic heterocycles. The van der Waals surface area contributed by atoms with Crippen molar-refractivity contribution in [3.8, 4) is 0 Å². The van der Waals surface area contributed by atoms with Crippen LogP contribution >= 0.6 is 0 Å². The zero-order valence-corrected chi connectivity index (χ0v) is 13.4. The smallest absolute Gasteiger partial charge is 0.328 e. The molecule has 4 heteroatoms. The summed E-state index contributed by atoms with van der Waals surface area (Å²) in [5, 5.41) is 8.57. The van der Waals surface area contributed by atoms with Gasteiger partial charge in [-0.15, -0.1) is 0 Å². The fourth-order valence-corrected chi connectivity index (χ4v) is 2.03. The number of benzene rings is 1. The maximum Gasteiger partial charge on any atom is 0.328 e. The Kier molecular flexibility index (Phi) is 5.67. The number of aliphatic carboxylic acids is 1. The lowest BCUT2D eigenvalue weighted by Gasteiger charge is -2.35. The zero-order chi connectivity index (χ0) is 16.2. The molecule has 1 aromatic rings. The Hall–Kier alpha value is -1.68. The highest BCUT2D eigenvalue weighted by molar-refractivity contribution is 5.85. The van der Waals surface area contributed by atoms with E-state index in [9.17, 15) is 9.18 Å². The Bertz CT molecular complexity index is 532. The van der Waals surface area contributed by atoms with Crippen molar-refractivity contribution < 1.29 is 14.3 Å². The molecule has 0 saturated heterocycles. The molecule has 0 amide bonds. The van der Waals surface area contributed by atoms with E-state index < -0.39 is 5.97 Å². The Morgan fingerprint density at radius 1 is 1.43 bits per heavy atom. The number of hydrogen-bond acceptors (Lipinski definition) is 2. The molecule has 0 saturated carbocycles. The quantitative estimate of drug-likeness (QED) is 0.840. The second-order valence-electron chi connectivity index (χ2n) is 6.48. The summed E-state index contributed by atoms with van der Waals surface area (Å²) in [6.45, 7) is 9.12. The minimum atomic E-state index is -1.04. The first-order valence-electron chi connectivity index (χ1n) is 7.01. The lowest BCUT2D eigenvalue weighted by molar-refractivity contribution is -0.131. The van der Waals surface area contributed by atoms with Gasteiger partial charge < -0.3 is 5.11 Å². The summed E-state index contributed by atoms with van der Waals surface area (Å²) in [7, 11) is 1.98. The summed E-state index contributed by atoms with van der Waals surface area (Å²) in [6, 6.07) is 5.11. The Balaban J connectivity index is 2.84. The molecule has 0 bridgehead atoms. The average Bonchev–Trinajstić information content (AvgIpc) is 2.37. The van der Waals surface area contributed by atoms with Crippen molar-refractivity contribution in [3.05, 3.63) is 41.2 Å². The van der Waals surface area contributed by atoms with Crippen molar-refractivity contribution in [1.29, 1.82) is 0 Å². The van der Waals surface area contributed by atoms with Gasteiger partial charge in [-0.3, -0.25) is 4.90 Å². The fourth-order valence-electron chi connectivity index (χ4n) is 2.03. The summed E-state index contributed by atoms with van der Waals surface area (Å²) >= 11 is 0. The highest BCUT2D eigenvalue weighted by atomic mass is 19.1. The van der Waals surface area contributed by atoms with E-state index in [0.29, 0.717) is 23.7 Å². The van der Waals surface area contributed by atoms with Crippen molar-refractivity contribution in [1.82, 2.24) is 4.90 Å². The largest absolute Gasteiger partial charge is 0.478 e. The van der Waals surface area contributed by atoms with Crippen molar-refractivity contribution in [2.75, 3.05) is 7.05 Å². The second-order valence-corrected chi connectivity index (χ2v) is 6.48. The van der Waals surface area contributed by atoms with Gasteiger partial charge >= 0.3 is 5.97 Å². The van der Waals surface area contributed by atoms with Crippen LogP contribution < -0.4 is 0 Å². The molecular weight excluding hydrogens is 269 g/mol. The van der Waals surface area contributed by atoms with E-state index in [0.717, 1.165) is 6.08 Å². The van der Waals surface area contributed by atoms with E-state index >= 15 is 0 Å². The lowest BCUT2D eigenvalue weighted by Crippen LogP contribution is -2.38. The summed E-state index contributed by atoms with van der Waals surface area (Å²) in [4.78, 5) is 12.6. The molecular formula is C17H24FNO2. The maximum atomic E-state index is 14.1. The molecule has 1 unspecified atom stereocenters. The van der Waals surface area contributed by atoms with E-state index in [-0.39, 0.29) is 11.2 Å². The lowest BCUT2D eigenvalue weighted by atomic mass is 9.87. The molecule has 0 aliphatic heterocycles. The normalized spacial score (nSPS) is 13.9. The second kappa shape index (κ2) is 6.85. The van der Waals surface area contributed by atoms with Gasteiger partial charge in [0.25, 0.3) is 0 Å². The van der Waals surface area contributed by atoms with Crippen molar-refractivity contribution in [3.63, 3.8) is 0 Å². The van der Waals surface area contributed by atoms with Gasteiger partial charge in [0, 0.05) is 24.2 Å². The van der Waals surface area contributed by atoms with Gasteiger partial charge in [-0.25, -0.2) is 9.18 Å². The molecule has 3 nitrogen and oxygen atoms in total. The summed E-state index contributed by atoms with van der Waals surface area (Å²) < 4.78 is 14.1. The number of hydrogen-bond donors (Lipinski definition) is 1. The fraction of sp³-hybridized carbons (Fsp3) is 0.471. The minimum Gasteiger partial charge on any atom is -0.478 e. The van der Waals surface area contributed by atoms with E-state index in [4.69, 9.17) is 5.11 Å². The molecule has 0 heterocycles. The van der Waals surface area contributed by atoms with E-state index in [2.05, 4.69) is 32.6 Å². The highest BCUT2D eigenvalue weighted by Gasteiger charge is 2.24. The number of carbonyl (C=O) groups is 1. The van der Waals surface area contributed by atoms with Crippen molar-refractivity contribution >= 4 is 12.0 Å². The number of carboxylic acid groups (broad SMARTS) is 1. The topological polar surface area (TPSA) is 40.5 Å². The molecule has 1 aromatic carbocycles. The van der Waals surface area contributed by atoms with Crippen LogP contribution in [-0.2, 0) is 11.3 Å². The number of halogens is 1. The van der Waals surface area contributed by atoms with Gasteiger partial charge in [0.1, 0.15) is 5.82 Å². The van der Waals surface area contributed by atoms with Gasteiger partial charge in [0.2, 0.25) is 0 Å². The minimum absolute atomic E-state index is 0.120. The van der Waals surface area contributed by atoms with E-state index in [1.165, 1.54) is 12.1 Å². The summed E-state index contributed by atoms with van der Waals surface area (Å²) in [6.07, 6.45) is 2.39. The van der Waals surface area contributed by atoms with Crippen LogP contribution in [0.25, 0.3) is 6.08 Å². The molecule has 1 N–H and O–H groups in total. The molecule has 0 aliphatic rings. The highest BCUT2D eigenvalue weighted by Crippen LogP contribution is 2.24. The zero-order valence-electron chi connectivity index (χ0n) is 13.4. The first kappa shape index (κ1) is 17.4. The monoisotopic (exact) mass is 293 g/mol. The number of carboxylic acids is 1. The third-order valence-corrected chi connectivity index (χ3v) is 3.83. The Morgan fingerprint density at radius 3 is 2.52 bits per heavy atom. The molecule has 0 radical (unpaired) electrons. The molecule has 116 valence electrons. The first-order chi connectivity index (χ1) is 9.61. The Labute approximate surface area is 126 Å². The van der Waals surface area contributed by atoms with Gasteiger partial charge in [0.15, 0.2) is 0 Å². The third kappa shape index (κ3) is 5.31. The van der Waals surface area contributed by atoms with E-state index in [1.54, 1.807) is 12.1 Å². The maximum absolute atomic E-state index is 14.1. The standard InChI is InChI=1S/C17H24FNO2/c1-12(17(2,3)4)19(5)11-14-8-6-13(10-15(14)18)7-9-16(20)21/h6-10,12H,11H2,1-5H3,(H,20,21). The number of rotatable bonds is 5. The van der Waals surface area contributed by atoms with Crippen LogP contribution in [0.15, 0.2) is 24.3 Å². The molecule has 0 spiro atoms. The predicted octanol–water partition coefficient (Wildman–Crippen LogP) is 3.79. The van der Waals surface area contributed by atoms with Crippen LogP contribution in [0, 0.1) is 11.2 Å². The average molecular weight is 293 g/mol. The van der Waals surface area contributed by atoms with Crippen LogP contribution in [0.2, 0.25) is 0 Å². The van der Waals surface area contributed by atoms with Crippen LogP contribution in [0.5, 0.6) is 0 Å². The predicted molar refractivity (Wildman–Crippen MR) is 83.5 cm³/mol. The molecule has 21 heavy (non-hydrogen) atoms. The van der Waals surface area contributed by atoms with Gasteiger partial charge in [-0.2, -0.15) is 0 Å². The van der Waals surface area contributed by atoms with Crippen molar-refractivity contribution in [2.45, 2.75) is 40.3 Å². The van der Waals surface area contributed by atoms with Crippen LogP contribution in [0.1, 0.15) is 38.8 Å². The van der Waals surface area contributed by atoms with Gasteiger partial charge in [0.05, 0.1) is 0 Å². The number of nitrogens with zero attached hydrogens (tertiary/aromatic N) is 1. The Morgan fingerprint density at radius 2 is 2.05 bits per heavy atom. The van der Waals surface area contributed by atoms with Crippen LogP contribution in [-0.4, -0.2) is 29.1 Å². The van der Waals surface area contributed by atoms with Gasteiger partial charge in [-0.1, -0.05) is 32.9 Å².